The van der Waals surface area contributed by atoms with Crippen molar-refractivity contribution in [2.45, 2.75) is 51.5 Å². The second-order valence-corrected chi connectivity index (χ2v) is 10.7. The maximum absolute atomic E-state index is 13.1. The molecule has 5 N–H and O–H groups in total. The van der Waals surface area contributed by atoms with Gasteiger partial charge in [0.25, 0.3) is 0 Å². The lowest BCUT2D eigenvalue weighted by atomic mass is 10.1. The van der Waals surface area contributed by atoms with Gasteiger partial charge in [-0.1, -0.05) is 91.0 Å². The summed E-state index contributed by atoms with van der Waals surface area (Å²) in [6.45, 7) is -0.670. The average molecular weight is 692 g/mol. The van der Waals surface area contributed by atoms with Crippen molar-refractivity contribution in [3.63, 3.8) is 0 Å². The lowest BCUT2D eigenvalue weighted by Gasteiger charge is -2.23. The van der Waals surface area contributed by atoms with Crippen LogP contribution in [0.15, 0.2) is 96.0 Å². The van der Waals surface area contributed by atoms with E-state index in [1.807, 2.05) is 36.4 Å². The number of nitrogens with two attached hydrogens (primary N) is 1. The fraction of sp³-hybridized carbons (Fsp3) is 0.314. The molecule has 1 atom stereocenters. The van der Waals surface area contributed by atoms with Crippen LogP contribution in [0.3, 0.4) is 0 Å². The Bertz CT molecular complexity index is 1540. The van der Waals surface area contributed by atoms with Gasteiger partial charge in [-0.05, 0) is 36.0 Å². The third-order valence-corrected chi connectivity index (χ3v) is 6.84. The Morgan fingerprint density at radius 1 is 0.760 bits per heavy atom. The van der Waals surface area contributed by atoms with Crippen molar-refractivity contribution in [1.82, 2.24) is 15.5 Å². The molecular weight excluding hydrogens is 650 g/mol. The van der Waals surface area contributed by atoms with Gasteiger partial charge >= 0.3 is 18.2 Å². The van der Waals surface area contributed by atoms with Crippen molar-refractivity contribution in [2.24, 2.45) is 10.7 Å². The first-order chi connectivity index (χ1) is 24.2. The first kappa shape index (κ1) is 38.6. The number of amides is 4. The highest BCUT2D eigenvalue weighted by molar-refractivity contribution is 5.98. The van der Waals surface area contributed by atoms with Crippen LogP contribution >= 0.6 is 0 Å². The average Bonchev–Trinajstić information content (AvgIpc) is 3.12. The van der Waals surface area contributed by atoms with Gasteiger partial charge in [0.05, 0.1) is 6.61 Å². The van der Waals surface area contributed by atoms with Crippen molar-refractivity contribution in [1.29, 1.82) is 0 Å². The van der Waals surface area contributed by atoms with Crippen LogP contribution in [0.5, 0.6) is 0 Å². The molecule has 0 aliphatic rings. The van der Waals surface area contributed by atoms with E-state index < -0.39 is 48.5 Å². The van der Waals surface area contributed by atoms with E-state index in [1.54, 1.807) is 54.6 Å². The third-order valence-electron chi connectivity index (χ3n) is 6.84. The number of hydrogen-bond acceptors (Lipinski definition) is 9. The zero-order valence-corrected chi connectivity index (χ0v) is 27.4. The quantitative estimate of drug-likeness (QED) is 0.0469. The molecule has 0 fully saturated rings. The molecule has 266 valence electrons. The summed E-state index contributed by atoms with van der Waals surface area (Å²) in [5, 5.41) is 13.9. The van der Waals surface area contributed by atoms with Crippen LogP contribution in [0.1, 0.15) is 42.4 Å². The lowest BCUT2D eigenvalue weighted by Crippen LogP contribution is -2.48. The Morgan fingerprint density at radius 3 is 1.90 bits per heavy atom. The highest BCUT2D eigenvalue weighted by Crippen LogP contribution is 2.09. The molecule has 15 heteroatoms. The van der Waals surface area contributed by atoms with E-state index in [9.17, 15) is 24.0 Å². The molecule has 0 radical (unpaired) electrons. The van der Waals surface area contributed by atoms with Gasteiger partial charge < -0.3 is 30.9 Å². The molecule has 0 aliphatic carbocycles. The predicted molar refractivity (Wildman–Crippen MR) is 180 cm³/mol. The molecule has 0 aliphatic heterocycles. The number of ether oxygens (including phenoxy) is 2. The van der Waals surface area contributed by atoms with Crippen molar-refractivity contribution in [2.75, 3.05) is 19.7 Å². The molecule has 3 aromatic carbocycles. The molecule has 0 saturated carbocycles. The number of guanidine groups is 1. The predicted octanol–water partition coefficient (Wildman–Crippen LogP) is 3.67. The number of carboxylic acid groups (broad SMARTS) is 1. The number of nitrogens with one attached hydrogen (secondary N) is 2. The van der Waals surface area contributed by atoms with Gasteiger partial charge in [-0.3, -0.25) is 14.4 Å². The number of nitrogens with zero attached hydrogens (tertiary/aromatic N) is 2. The van der Waals surface area contributed by atoms with E-state index in [0.717, 1.165) is 10.5 Å². The molecule has 3 aromatic rings. The number of rotatable bonds is 19. The van der Waals surface area contributed by atoms with Gasteiger partial charge in [-0.15, -0.1) is 4.99 Å². The zero-order valence-electron chi connectivity index (χ0n) is 27.4. The molecule has 3 rings (SSSR count). The summed E-state index contributed by atoms with van der Waals surface area (Å²) in [4.78, 5) is 77.0. The minimum atomic E-state index is -1.27. The fourth-order valence-corrected chi connectivity index (χ4v) is 4.31. The molecule has 0 spiro atoms. The van der Waals surface area contributed by atoms with Crippen molar-refractivity contribution < 1.29 is 48.3 Å². The third kappa shape index (κ3) is 15.4. The molecule has 15 nitrogen and oxygen atoms in total. The van der Waals surface area contributed by atoms with Gasteiger partial charge in [0.1, 0.15) is 32.4 Å². The first-order valence-corrected chi connectivity index (χ1v) is 15.8. The molecular formula is C35H41N5O10. The molecule has 0 saturated heterocycles. The minimum Gasteiger partial charge on any atom is -0.480 e. The molecule has 4 amide bonds. The number of hydrogen-bond donors (Lipinski definition) is 4. The standard InChI is InChI=1S/C35H41N5O10/c36-33(39-34(45)47-23-26-12-4-1-5-13-26)40(35(46)48-24-27-14-6-2-7-15-27)20-10-18-29(32(44)37-22-31(42)43)38-30(41)19-11-21-49-50-25-28-16-8-3-9-17-28/h1-9,12-17,29H,10-11,18-25H2,(H,37,44)(H,38,41)(H,42,43)(H2,36,39,45)/t29-/m1/s1. The largest absolute Gasteiger partial charge is 0.480 e. The summed E-state index contributed by atoms with van der Waals surface area (Å²) in [6, 6.07) is 26.0. The molecule has 0 bridgehead atoms. The van der Waals surface area contributed by atoms with Crippen LogP contribution in [0, 0.1) is 0 Å². The van der Waals surface area contributed by atoms with Crippen LogP contribution in [0.25, 0.3) is 0 Å². The van der Waals surface area contributed by atoms with E-state index in [-0.39, 0.29) is 58.7 Å². The number of carbonyl (C=O) groups excluding carboxylic acids is 4. The van der Waals surface area contributed by atoms with Gasteiger partial charge in [-0.2, -0.15) is 0 Å². The topological polar surface area (TPSA) is 208 Å². The van der Waals surface area contributed by atoms with E-state index in [4.69, 9.17) is 30.1 Å². The van der Waals surface area contributed by atoms with E-state index in [0.29, 0.717) is 11.1 Å². The highest BCUT2D eigenvalue weighted by atomic mass is 17.2. The smallest absolute Gasteiger partial charge is 0.437 e. The summed E-state index contributed by atoms with van der Waals surface area (Å²) >= 11 is 0. The van der Waals surface area contributed by atoms with Crippen LogP contribution in [0.2, 0.25) is 0 Å². The molecule has 0 unspecified atom stereocenters. The van der Waals surface area contributed by atoms with Crippen LogP contribution in [0.4, 0.5) is 9.59 Å². The second-order valence-electron chi connectivity index (χ2n) is 10.7. The maximum Gasteiger partial charge on any atom is 0.437 e. The Hall–Kier alpha value is -5.80. The number of aliphatic carboxylic acids is 1. The lowest BCUT2D eigenvalue weighted by molar-refractivity contribution is -0.304. The van der Waals surface area contributed by atoms with Gasteiger partial charge in [0.2, 0.25) is 17.8 Å². The number of carbonyl (C=O) groups is 5. The summed E-state index contributed by atoms with van der Waals surface area (Å²) in [5.74, 6) is -3.01. The van der Waals surface area contributed by atoms with E-state index in [2.05, 4.69) is 15.6 Å². The number of carboxylic acids is 1. The van der Waals surface area contributed by atoms with E-state index in [1.165, 1.54) is 0 Å². The Balaban J connectivity index is 1.58. The normalized spacial score (nSPS) is 11.6. The molecule has 0 heterocycles. The minimum absolute atomic E-state index is 0.0138. The number of benzene rings is 3. The van der Waals surface area contributed by atoms with Crippen molar-refractivity contribution in [3.8, 4) is 0 Å². The second kappa shape index (κ2) is 22.0. The summed E-state index contributed by atoms with van der Waals surface area (Å²) < 4.78 is 10.5. The molecule has 50 heavy (non-hydrogen) atoms. The van der Waals surface area contributed by atoms with Crippen LogP contribution in [-0.2, 0) is 53.5 Å². The van der Waals surface area contributed by atoms with Crippen molar-refractivity contribution >= 4 is 35.9 Å². The fourth-order valence-electron chi connectivity index (χ4n) is 4.31. The molecule has 0 aromatic heterocycles. The summed E-state index contributed by atoms with van der Waals surface area (Å²) in [5.41, 5.74) is 8.39. The van der Waals surface area contributed by atoms with E-state index >= 15 is 0 Å². The number of aliphatic imine (C=N–C) groups is 1. The Kier molecular flexibility index (Phi) is 17.0. The summed E-state index contributed by atoms with van der Waals surface area (Å²) in [6.07, 6.45) is -1.69. The Morgan fingerprint density at radius 2 is 1.32 bits per heavy atom. The zero-order chi connectivity index (χ0) is 36.0. The maximum atomic E-state index is 13.1. The van der Waals surface area contributed by atoms with Crippen LogP contribution in [-0.4, -0.2) is 71.7 Å². The summed E-state index contributed by atoms with van der Waals surface area (Å²) in [7, 11) is 0. The van der Waals surface area contributed by atoms with Crippen LogP contribution < -0.4 is 16.4 Å². The van der Waals surface area contributed by atoms with Gasteiger partial charge in [0.15, 0.2) is 0 Å². The first-order valence-electron chi connectivity index (χ1n) is 15.8. The van der Waals surface area contributed by atoms with Gasteiger partial charge in [-0.25, -0.2) is 24.3 Å². The van der Waals surface area contributed by atoms with Gasteiger partial charge in [0, 0.05) is 13.0 Å². The monoisotopic (exact) mass is 691 g/mol. The van der Waals surface area contributed by atoms with Crippen molar-refractivity contribution in [3.05, 3.63) is 108 Å². The Labute approximate surface area is 289 Å². The SMILES string of the molecule is NC(=NC(=O)OCc1ccccc1)N(CCC[C@@H](NC(=O)CCCOOCc1ccccc1)C(=O)NCC(=O)O)C(=O)OCc1ccccc1. The highest BCUT2D eigenvalue weighted by Gasteiger charge is 2.25.